The fourth-order valence-corrected chi connectivity index (χ4v) is 1.37. The van der Waals surface area contributed by atoms with Crippen LogP contribution in [0.3, 0.4) is 0 Å². The van der Waals surface area contributed by atoms with Crippen LogP contribution in [0.25, 0.3) is 0 Å². The molecule has 1 heterocycles. The van der Waals surface area contributed by atoms with Crippen molar-refractivity contribution in [2.45, 2.75) is 38.1 Å². The van der Waals surface area contributed by atoms with E-state index in [1.807, 2.05) is 6.92 Å². The first-order valence-electron chi connectivity index (χ1n) is 4.36. The van der Waals surface area contributed by atoms with E-state index in [-0.39, 0.29) is 5.54 Å². The van der Waals surface area contributed by atoms with E-state index in [9.17, 15) is 0 Å². The van der Waals surface area contributed by atoms with Crippen LogP contribution >= 0.6 is 0 Å². The van der Waals surface area contributed by atoms with E-state index >= 15 is 0 Å². The molecule has 2 rings (SSSR count). The molecular formula is C8H13N3O. The van der Waals surface area contributed by atoms with Crippen molar-refractivity contribution in [3.05, 3.63) is 11.7 Å². The van der Waals surface area contributed by atoms with Crippen molar-refractivity contribution in [2.24, 2.45) is 5.73 Å². The van der Waals surface area contributed by atoms with E-state index in [0.29, 0.717) is 5.89 Å². The van der Waals surface area contributed by atoms with Gasteiger partial charge in [0, 0.05) is 6.42 Å². The maximum atomic E-state index is 6.00. The molecule has 4 heteroatoms. The third-order valence-corrected chi connectivity index (χ3v) is 2.46. The van der Waals surface area contributed by atoms with Crippen molar-refractivity contribution in [2.75, 3.05) is 0 Å². The predicted molar refractivity (Wildman–Crippen MR) is 43.4 cm³/mol. The first-order valence-corrected chi connectivity index (χ1v) is 4.36. The van der Waals surface area contributed by atoms with Crippen LogP contribution in [-0.4, -0.2) is 10.1 Å². The van der Waals surface area contributed by atoms with Crippen molar-refractivity contribution in [3.8, 4) is 0 Å². The second kappa shape index (κ2) is 2.55. The van der Waals surface area contributed by atoms with E-state index in [2.05, 4.69) is 10.1 Å². The molecule has 4 nitrogen and oxygen atoms in total. The molecule has 0 spiro atoms. The van der Waals surface area contributed by atoms with Crippen LogP contribution in [0.4, 0.5) is 0 Å². The van der Waals surface area contributed by atoms with Crippen LogP contribution in [-0.2, 0) is 12.0 Å². The number of nitrogens with zero attached hydrogens (tertiary/aromatic N) is 2. The monoisotopic (exact) mass is 167 g/mol. The van der Waals surface area contributed by atoms with Crippen molar-refractivity contribution < 1.29 is 4.52 Å². The fraction of sp³-hybridized carbons (Fsp3) is 0.750. The highest BCUT2D eigenvalue weighted by molar-refractivity contribution is 5.06. The topological polar surface area (TPSA) is 64.9 Å². The van der Waals surface area contributed by atoms with Crippen LogP contribution in [0.2, 0.25) is 0 Å². The third kappa shape index (κ3) is 1.03. The Hall–Kier alpha value is -0.900. The van der Waals surface area contributed by atoms with E-state index in [1.165, 1.54) is 6.42 Å². The zero-order valence-corrected chi connectivity index (χ0v) is 7.21. The SMILES string of the molecule is CCc1noc(C2(N)CCC2)n1. The number of aryl methyl sites for hydroxylation is 1. The Balaban J connectivity index is 2.22. The van der Waals surface area contributed by atoms with Gasteiger partial charge in [-0.05, 0) is 19.3 Å². The van der Waals surface area contributed by atoms with Crippen molar-refractivity contribution in [1.29, 1.82) is 0 Å². The molecule has 1 aliphatic carbocycles. The summed E-state index contributed by atoms with van der Waals surface area (Å²) in [6.45, 7) is 2.00. The molecule has 0 atom stereocenters. The van der Waals surface area contributed by atoms with Gasteiger partial charge in [-0.3, -0.25) is 0 Å². The molecule has 0 amide bonds. The second-order valence-electron chi connectivity index (χ2n) is 3.38. The average Bonchev–Trinajstić information content (AvgIpc) is 2.48. The van der Waals surface area contributed by atoms with Gasteiger partial charge in [0.05, 0.1) is 5.54 Å². The summed E-state index contributed by atoms with van der Waals surface area (Å²) in [5, 5.41) is 3.82. The number of hydrogen-bond donors (Lipinski definition) is 1. The summed E-state index contributed by atoms with van der Waals surface area (Å²) in [6.07, 6.45) is 3.91. The maximum Gasteiger partial charge on any atom is 0.246 e. The molecular weight excluding hydrogens is 154 g/mol. The van der Waals surface area contributed by atoms with Crippen molar-refractivity contribution in [3.63, 3.8) is 0 Å². The van der Waals surface area contributed by atoms with E-state index in [4.69, 9.17) is 10.3 Å². The summed E-state index contributed by atoms with van der Waals surface area (Å²) in [5.41, 5.74) is 5.69. The summed E-state index contributed by atoms with van der Waals surface area (Å²) >= 11 is 0. The first-order chi connectivity index (χ1) is 5.74. The Labute approximate surface area is 71.1 Å². The van der Waals surface area contributed by atoms with Gasteiger partial charge in [0.1, 0.15) is 0 Å². The van der Waals surface area contributed by atoms with Gasteiger partial charge < -0.3 is 10.3 Å². The molecule has 1 saturated carbocycles. The molecule has 0 aliphatic heterocycles. The number of hydrogen-bond acceptors (Lipinski definition) is 4. The summed E-state index contributed by atoms with van der Waals surface area (Å²) in [5.74, 6) is 1.37. The minimum Gasteiger partial charge on any atom is -0.337 e. The second-order valence-corrected chi connectivity index (χ2v) is 3.38. The van der Waals surface area contributed by atoms with Crippen LogP contribution in [0.5, 0.6) is 0 Å². The largest absolute Gasteiger partial charge is 0.337 e. The highest BCUT2D eigenvalue weighted by Gasteiger charge is 2.39. The van der Waals surface area contributed by atoms with Gasteiger partial charge in [-0.15, -0.1) is 0 Å². The molecule has 0 radical (unpaired) electrons. The molecule has 0 saturated heterocycles. The lowest BCUT2D eigenvalue weighted by Gasteiger charge is -2.33. The number of nitrogens with two attached hydrogens (primary N) is 1. The Morgan fingerprint density at radius 3 is 2.75 bits per heavy atom. The van der Waals surface area contributed by atoms with E-state index in [1.54, 1.807) is 0 Å². The number of aromatic nitrogens is 2. The summed E-state index contributed by atoms with van der Waals surface area (Å²) in [4.78, 5) is 4.22. The van der Waals surface area contributed by atoms with Gasteiger partial charge in [0.15, 0.2) is 5.82 Å². The maximum absolute atomic E-state index is 6.00. The van der Waals surface area contributed by atoms with Crippen molar-refractivity contribution >= 4 is 0 Å². The standard InChI is InChI=1S/C8H13N3O/c1-2-6-10-7(12-11-6)8(9)4-3-5-8/h2-5,9H2,1H3. The highest BCUT2D eigenvalue weighted by atomic mass is 16.5. The zero-order valence-electron chi connectivity index (χ0n) is 7.21. The van der Waals surface area contributed by atoms with Crippen LogP contribution in [0.1, 0.15) is 37.9 Å². The van der Waals surface area contributed by atoms with Gasteiger partial charge in [-0.2, -0.15) is 4.98 Å². The van der Waals surface area contributed by atoms with Crippen LogP contribution < -0.4 is 5.73 Å². The molecule has 2 N–H and O–H groups in total. The highest BCUT2D eigenvalue weighted by Crippen LogP contribution is 2.37. The van der Waals surface area contributed by atoms with Crippen molar-refractivity contribution in [1.82, 2.24) is 10.1 Å². The Morgan fingerprint density at radius 1 is 1.58 bits per heavy atom. The Bertz CT molecular complexity index is 278. The minimum absolute atomic E-state index is 0.305. The molecule has 0 unspecified atom stereocenters. The third-order valence-electron chi connectivity index (χ3n) is 2.46. The summed E-state index contributed by atoms with van der Waals surface area (Å²) in [6, 6.07) is 0. The molecule has 1 fully saturated rings. The smallest absolute Gasteiger partial charge is 0.246 e. The quantitative estimate of drug-likeness (QED) is 0.712. The average molecular weight is 167 g/mol. The molecule has 12 heavy (non-hydrogen) atoms. The van der Waals surface area contributed by atoms with Gasteiger partial charge >= 0.3 is 0 Å². The molecule has 0 aromatic carbocycles. The molecule has 0 bridgehead atoms. The molecule has 66 valence electrons. The lowest BCUT2D eigenvalue weighted by atomic mass is 9.78. The normalized spacial score (nSPS) is 20.5. The Morgan fingerprint density at radius 2 is 2.33 bits per heavy atom. The van der Waals surface area contributed by atoms with Gasteiger partial charge in [-0.25, -0.2) is 0 Å². The number of rotatable bonds is 2. The fourth-order valence-electron chi connectivity index (χ4n) is 1.37. The minimum atomic E-state index is -0.305. The van der Waals surface area contributed by atoms with Crippen LogP contribution in [0.15, 0.2) is 4.52 Å². The van der Waals surface area contributed by atoms with E-state index in [0.717, 1.165) is 25.1 Å². The molecule has 1 aromatic rings. The van der Waals surface area contributed by atoms with Gasteiger partial charge in [0.2, 0.25) is 5.89 Å². The molecule has 1 aliphatic rings. The van der Waals surface area contributed by atoms with Crippen LogP contribution in [0, 0.1) is 0 Å². The van der Waals surface area contributed by atoms with Gasteiger partial charge in [0.25, 0.3) is 0 Å². The van der Waals surface area contributed by atoms with Gasteiger partial charge in [-0.1, -0.05) is 12.1 Å². The first kappa shape index (κ1) is 7.73. The lowest BCUT2D eigenvalue weighted by molar-refractivity contribution is 0.181. The lowest BCUT2D eigenvalue weighted by Crippen LogP contribution is -2.43. The zero-order chi connectivity index (χ0) is 8.60. The predicted octanol–water partition coefficient (Wildman–Crippen LogP) is 0.970. The Kier molecular flexibility index (Phi) is 1.65. The van der Waals surface area contributed by atoms with E-state index < -0.39 is 0 Å². The summed E-state index contributed by atoms with van der Waals surface area (Å²) in [7, 11) is 0. The summed E-state index contributed by atoms with van der Waals surface area (Å²) < 4.78 is 5.08. The molecule has 1 aromatic heterocycles.